The van der Waals surface area contributed by atoms with Gasteiger partial charge < -0.3 is 9.84 Å². The van der Waals surface area contributed by atoms with E-state index in [0.29, 0.717) is 19.8 Å². The van der Waals surface area contributed by atoms with E-state index in [2.05, 4.69) is 9.80 Å². The van der Waals surface area contributed by atoms with Gasteiger partial charge in [-0.25, -0.2) is 0 Å². The minimum atomic E-state index is -0.680. The van der Waals surface area contributed by atoms with E-state index in [1.807, 2.05) is 0 Å². The highest BCUT2D eigenvalue weighted by Gasteiger charge is 2.42. The molecule has 0 aromatic carbocycles. The third-order valence-corrected chi connectivity index (χ3v) is 5.55. The van der Waals surface area contributed by atoms with E-state index in [0.717, 1.165) is 45.1 Å². The monoisotopic (exact) mass is 296 g/mol. The number of carboxylic acids is 1. The van der Waals surface area contributed by atoms with Crippen molar-refractivity contribution in [3.63, 3.8) is 0 Å². The van der Waals surface area contributed by atoms with Gasteiger partial charge in [0, 0.05) is 45.4 Å². The first-order chi connectivity index (χ1) is 10.2. The molecular weight excluding hydrogens is 268 g/mol. The molecule has 21 heavy (non-hydrogen) atoms. The van der Waals surface area contributed by atoms with E-state index in [9.17, 15) is 9.90 Å². The molecule has 3 fully saturated rings. The summed E-state index contributed by atoms with van der Waals surface area (Å²) >= 11 is 0. The molecule has 1 N–H and O–H groups in total. The summed E-state index contributed by atoms with van der Waals surface area (Å²) in [6.07, 6.45) is 7.09. The van der Waals surface area contributed by atoms with Gasteiger partial charge in [0.1, 0.15) is 5.41 Å². The van der Waals surface area contributed by atoms with Gasteiger partial charge in [0.05, 0.1) is 6.61 Å². The Kier molecular flexibility index (Phi) is 4.82. The fourth-order valence-electron chi connectivity index (χ4n) is 4.20. The highest BCUT2D eigenvalue weighted by atomic mass is 16.5. The Morgan fingerprint density at radius 1 is 1.14 bits per heavy atom. The van der Waals surface area contributed by atoms with Gasteiger partial charge in [0.2, 0.25) is 0 Å². The molecule has 0 aromatic heterocycles. The van der Waals surface area contributed by atoms with Crippen LogP contribution in [0.25, 0.3) is 0 Å². The second-order valence-electron chi connectivity index (χ2n) is 6.99. The van der Waals surface area contributed by atoms with Crippen molar-refractivity contribution in [1.29, 1.82) is 0 Å². The molecule has 1 saturated carbocycles. The highest BCUT2D eigenvalue weighted by Crippen LogP contribution is 2.31. The maximum Gasteiger partial charge on any atom is 0.313 e. The van der Waals surface area contributed by atoms with E-state index in [1.54, 1.807) is 0 Å². The molecule has 3 aliphatic rings. The Morgan fingerprint density at radius 2 is 1.86 bits per heavy atom. The zero-order valence-electron chi connectivity index (χ0n) is 12.9. The SMILES string of the molecule is O=C(O)C1(CN2CCN(C3CCCC3)CC2)CCCOC1. The molecule has 5 nitrogen and oxygen atoms in total. The minimum Gasteiger partial charge on any atom is -0.481 e. The topological polar surface area (TPSA) is 53.0 Å². The van der Waals surface area contributed by atoms with E-state index in [4.69, 9.17) is 4.74 Å². The van der Waals surface area contributed by atoms with Gasteiger partial charge in [-0.3, -0.25) is 14.6 Å². The normalized spacial score (nSPS) is 33.3. The summed E-state index contributed by atoms with van der Waals surface area (Å²) in [5.74, 6) is -0.680. The standard InChI is InChI=1S/C16H28N2O3/c19-15(20)16(6-3-11-21-13-16)12-17-7-9-18(10-8-17)14-4-1-2-5-14/h14H,1-13H2,(H,19,20). The van der Waals surface area contributed by atoms with E-state index >= 15 is 0 Å². The maximum atomic E-state index is 11.7. The second-order valence-corrected chi connectivity index (χ2v) is 6.99. The zero-order valence-corrected chi connectivity index (χ0v) is 12.9. The first-order valence-electron chi connectivity index (χ1n) is 8.47. The van der Waals surface area contributed by atoms with Gasteiger partial charge in [-0.15, -0.1) is 0 Å². The number of ether oxygens (including phenoxy) is 1. The van der Waals surface area contributed by atoms with Crippen LogP contribution in [0.5, 0.6) is 0 Å². The lowest BCUT2D eigenvalue weighted by atomic mass is 9.82. The Bertz CT molecular complexity index is 355. The molecule has 0 spiro atoms. The molecule has 1 aliphatic carbocycles. The summed E-state index contributed by atoms with van der Waals surface area (Å²) in [6, 6.07) is 0.790. The summed E-state index contributed by atoms with van der Waals surface area (Å²) in [5, 5.41) is 9.63. The van der Waals surface area contributed by atoms with E-state index < -0.39 is 11.4 Å². The van der Waals surface area contributed by atoms with Crippen LogP contribution in [-0.2, 0) is 9.53 Å². The Morgan fingerprint density at radius 3 is 2.43 bits per heavy atom. The third-order valence-electron chi connectivity index (χ3n) is 5.55. The Hall–Kier alpha value is -0.650. The van der Waals surface area contributed by atoms with Crippen molar-refractivity contribution in [2.24, 2.45) is 5.41 Å². The smallest absolute Gasteiger partial charge is 0.313 e. The van der Waals surface area contributed by atoms with Crippen LogP contribution in [-0.4, -0.2) is 72.9 Å². The molecule has 2 heterocycles. The molecule has 5 heteroatoms. The number of hydrogen-bond acceptors (Lipinski definition) is 4. The number of carboxylic acid groups (broad SMARTS) is 1. The molecule has 3 rings (SSSR count). The van der Waals surface area contributed by atoms with Crippen LogP contribution in [0, 0.1) is 5.41 Å². The van der Waals surface area contributed by atoms with Crippen LogP contribution in [0.1, 0.15) is 38.5 Å². The summed E-state index contributed by atoms with van der Waals surface area (Å²) in [7, 11) is 0. The molecule has 1 unspecified atom stereocenters. The molecule has 120 valence electrons. The van der Waals surface area contributed by atoms with Crippen molar-refractivity contribution >= 4 is 5.97 Å². The molecule has 0 amide bonds. The number of piperazine rings is 1. The number of carbonyl (C=O) groups is 1. The molecule has 2 aliphatic heterocycles. The first-order valence-corrected chi connectivity index (χ1v) is 8.47. The maximum absolute atomic E-state index is 11.7. The Balaban J connectivity index is 1.52. The summed E-state index contributed by atoms with van der Waals surface area (Å²) < 4.78 is 5.47. The fourth-order valence-corrected chi connectivity index (χ4v) is 4.20. The number of aliphatic carboxylic acids is 1. The minimum absolute atomic E-state index is 0.380. The van der Waals surface area contributed by atoms with Crippen molar-refractivity contribution in [2.45, 2.75) is 44.6 Å². The van der Waals surface area contributed by atoms with Crippen molar-refractivity contribution in [2.75, 3.05) is 45.9 Å². The molecule has 0 radical (unpaired) electrons. The summed E-state index contributed by atoms with van der Waals surface area (Å²) in [5.41, 5.74) is -0.673. The molecule has 0 bridgehead atoms. The largest absolute Gasteiger partial charge is 0.481 e. The van der Waals surface area contributed by atoms with E-state index in [1.165, 1.54) is 25.7 Å². The quantitative estimate of drug-likeness (QED) is 0.850. The average Bonchev–Trinajstić information content (AvgIpc) is 3.03. The van der Waals surface area contributed by atoms with Gasteiger partial charge in [-0.2, -0.15) is 0 Å². The lowest BCUT2D eigenvalue weighted by Crippen LogP contribution is -2.55. The van der Waals surface area contributed by atoms with Gasteiger partial charge in [0.15, 0.2) is 0 Å². The van der Waals surface area contributed by atoms with Crippen LogP contribution in [0.2, 0.25) is 0 Å². The molecule has 2 saturated heterocycles. The highest BCUT2D eigenvalue weighted by molar-refractivity contribution is 5.75. The van der Waals surface area contributed by atoms with Gasteiger partial charge >= 0.3 is 5.97 Å². The van der Waals surface area contributed by atoms with Gasteiger partial charge in [0.25, 0.3) is 0 Å². The number of nitrogens with zero attached hydrogens (tertiary/aromatic N) is 2. The number of rotatable bonds is 4. The molecular formula is C16H28N2O3. The molecule has 1 atom stereocenters. The van der Waals surface area contributed by atoms with Crippen molar-refractivity contribution < 1.29 is 14.6 Å². The predicted octanol–water partition coefficient (Wildman–Crippen LogP) is 1.43. The van der Waals surface area contributed by atoms with Crippen LogP contribution in [0.4, 0.5) is 0 Å². The van der Waals surface area contributed by atoms with E-state index in [-0.39, 0.29) is 0 Å². The van der Waals surface area contributed by atoms with Crippen molar-refractivity contribution in [1.82, 2.24) is 9.80 Å². The predicted molar refractivity (Wildman–Crippen MR) is 80.4 cm³/mol. The summed E-state index contributed by atoms with van der Waals surface area (Å²) in [6.45, 7) is 5.95. The lowest BCUT2D eigenvalue weighted by Gasteiger charge is -2.42. The van der Waals surface area contributed by atoms with Crippen LogP contribution >= 0.6 is 0 Å². The Labute approximate surface area is 127 Å². The average molecular weight is 296 g/mol. The second kappa shape index (κ2) is 6.63. The summed E-state index contributed by atoms with van der Waals surface area (Å²) in [4.78, 5) is 16.7. The van der Waals surface area contributed by atoms with Crippen molar-refractivity contribution in [3.05, 3.63) is 0 Å². The number of hydrogen-bond donors (Lipinski definition) is 1. The van der Waals surface area contributed by atoms with Crippen LogP contribution in [0.15, 0.2) is 0 Å². The fraction of sp³-hybridized carbons (Fsp3) is 0.938. The van der Waals surface area contributed by atoms with Gasteiger partial charge in [-0.05, 0) is 25.7 Å². The zero-order chi connectivity index (χ0) is 14.7. The van der Waals surface area contributed by atoms with Crippen LogP contribution < -0.4 is 0 Å². The molecule has 0 aromatic rings. The first kappa shape index (κ1) is 15.3. The van der Waals surface area contributed by atoms with Crippen LogP contribution in [0.3, 0.4) is 0 Å². The van der Waals surface area contributed by atoms with Crippen molar-refractivity contribution in [3.8, 4) is 0 Å². The lowest BCUT2D eigenvalue weighted by molar-refractivity contribution is -0.160. The van der Waals surface area contributed by atoms with Gasteiger partial charge in [-0.1, -0.05) is 12.8 Å². The third kappa shape index (κ3) is 3.41.